The van der Waals surface area contributed by atoms with E-state index < -0.39 is 37.4 Å². The predicted molar refractivity (Wildman–Crippen MR) is 132 cm³/mol. The molecule has 2 atom stereocenters. The molecule has 0 bridgehead atoms. The maximum absolute atomic E-state index is 13.3. The lowest BCUT2D eigenvalue weighted by molar-refractivity contribution is -0.151. The van der Waals surface area contributed by atoms with Crippen LogP contribution in [0.4, 0.5) is 13.2 Å². The van der Waals surface area contributed by atoms with E-state index in [1.165, 1.54) is 17.0 Å². The fourth-order valence-electron chi connectivity index (χ4n) is 3.04. The summed E-state index contributed by atoms with van der Waals surface area (Å²) in [6.45, 7) is 15.6. The number of hydrogen-bond acceptors (Lipinski definition) is 6. The first kappa shape index (κ1) is 29.7. The third-order valence-electron chi connectivity index (χ3n) is 5.60. The van der Waals surface area contributed by atoms with Crippen LogP contribution in [-0.4, -0.2) is 58.0 Å². The second-order valence-corrected chi connectivity index (χ2v) is 16.2. The van der Waals surface area contributed by atoms with Gasteiger partial charge in [0.25, 0.3) is 0 Å². The van der Waals surface area contributed by atoms with Gasteiger partial charge in [0, 0.05) is 33.0 Å². The third-order valence-corrected chi connectivity index (χ3v) is 7.31. The Balaban J connectivity index is 2.21. The SMILES string of the molecule is C=CC(OCC(C)(C)C(=O)O)[C@H](C)c1cnc(-c2nc(C(F)(F)F)cn2COCC[Si](C)(C)C)cn1. The summed E-state index contributed by atoms with van der Waals surface area (Å²) in [5, 5.41) is 9.29. The molecule has 0 amide bonds. The minimum atomic E-state index is -4.61. The first-order chi connectivity index (χ1) is 16.5. The Bertz CT molecular complexity index is 1030. The highest BCUT2D eigenvalue weighted by molar-refractivity contribution is 6.76. The van der Waals surface area contributed by atoms with E-state index in [4.69, 9.17) is 9.47 Å². The fraction of sp³-hybridized carbons (Fsp3) is 0.583. The first-order valence-electron chi connectivity index (χ1n) is 11.6. The number of carboxylic acid groups (broad SMARTS) is 1. The zero-order chi connectivity index (χ0) is 27.3. The Kier molecular flexibility index (Phi) is 9.60. The lowest BCUT2D eigenvalue weighted by Crippen LogP contribution is -2.32. The molecular weight excluding hydrogens is 493 g/mol. The van der Waals surface area contributed by atoms with Gasteiger partial charge in [-0.05, 0) is 19.9 Å². The Morgan fingerprint density at radius 1 is 1.25 bits per heavy atom. The van der Waals surface area contributed by atoms with Crippen LogP contribution in [0.5, 0.6) is 0 Å². The molecule has 2 rings (SSSR count). The molecule has 0 radical (unpaired) electrons. The van der Waals surface area contributed by atoms with Crippen LogP contribution >= 0.6 is 0 Å². The zero-order valence-corrected chi connectivity index (χ0v) is 22.6. The van der Waals surface area contributed by atoms with Crippen molar-refractivity contribution in [3.05, 3.63) is 42.6 Å². The van der Waals surface area contributed by atoms with Crippen LogP contribution in [0.1, 0.15) is 38.1 Å². The maximum Gasteiger partial charge on any atom is 0.434 e. The fourth-order valence-corrected chi connectivity index (χ4v) is 3.79. The summed E-state index contributed by atoms with van der Waals surface area (Å²) in [6, 6.07) is 0.881. The van der Waals surface area contributed by atoms with E-state index >= 15 is 0 Å². The van der Waals surface area contributed by atoms with Crippen molar-refractivity contribution in [1.29, 1.82) is 0 Å². The van der Waals surface area contributed by atoms with Gasteiger partial charge in [-0.3, -0.25) is 9.78 Å². The highest BCUT2D eigenvalue weighted by atomic mass is 28.3. The smallest absolute Gasteiger partial charge is 0.434 e. The number of carboxylic acids is 1. The Morgan fingerprint density at radius 2 is 1.92 bits per heavy atom. The molecule has 0 saturated heterocycles. The molecule has 36 heavy (non-hydrogen) atoms. The van der Waals surface area contributed by atoms with Gasteiger partial charge in [-0.1, -0.05) is 32.6 Å². The van der Waals surface area contributed by atoms with E-state index in [1.54, 1.807) is 19.9 Å². The van der Waals surface area contributed by atoms with E-state index in [9.17, 15) is 23.1 Å². The summed E-state index contributed by atoms with van der Waals surface area (Å²) < 4.78 is 52.7. The van der Waals surface area contributed by atoms with Gasteiger partial charge in [0.1, 0.15) is 12.4 Å². The predicted octanol–water partition coefficient (Wildman–Crippen LogP) is 5.46. The van der Waals surface area contributed by atoms with Crippen molar-refractivity contribution < 1.29 is 32.5 Å². The first-order valence-corrected chi connectivity index (χ1v) is 15.3. The highest BCUT2D eigenvalue weighted by Crippen LogP contribution is 2.31. The Labute approximate surface area is 210 Å². The summed E-state index contributed by atoms with van der Waals surface area (Å²) in [5.41, 5.74) is -1.44. The summed E-state index contributed by atoms with van der Waals surface area (Å²) in [5.74, 6) is -1.31. The average molecular weight is 529 g/mol. The normalized spacial score (nSPS) is 14.5. The minimum Gasteiger partial charge on any atom is -0.481 e. The van der Waals surface area contributed by atoms with Gasteiger partial charge in [0.15, 0.2) is 11.5 Å². The Hall–Kier alpha value is -2.57. The van der Waals surface area contributed by atoms with Crippen LogP contribution in [0.2, 0.25) is 25.7 Å². The molecular formula is C24H35F3N4O4Si. The maximum atomic E-state index is 13.3. The van der Waals surface area contributed by atoms with Gasteiger partial charge in [0.05, 0.1) is 30.0 Å². The average Bonchev–Trinajstić information content (AvgIpc) is 3.21. The number of carbonyl (C=O) groups is 1. The van der Waals surface area contributed by atoms with Crippen molar-refractivity contribution in [2.24, 2.45) is 5.41 Å². The molecule has 0 aliphatic heterocycles. The highest BCUT2D eigenvalue weighted by Gasteiger charge is 2.35. The second-order valence-electron chi connectivity index (χ2n) is 10.6. The van der Waals surface area contributed by atoms with Gasteiger partial charge in [0.2, 0.25) is 0 Å². The van der Waals surface area contributed by atoms with E-state index in [-0.39, 0.29) is 30.8 Å². The van der Waals surface area contributed by atoms with Crippen molar-refractivity contribution in [3.63, 3.8) is 0 Å². The number of hydrogen-bond donors (Lipinski definition) is 1. The summed E-state index contributed by atoms with van der Waals surface area (Å²) in [4.78, 5) is 23.8. The molecule has 12 heteroatoms. The molecule has 1 N–H and O–H groups in total. The van der Waals surface area contributed by atoms with Crippen LogP contribution < -0.4 is 0 Å². The quantitative estimate of drug-likeness (QED) is 0.209. The van der Waals surface area contributed by atoms with Gasteiger partial charge in [-0.2, -0.15) is 13.2 Å². The number of nitrogens with zero attached hydrogens (tertiary/aromatic N) is 4. The molecule has 0 spiro atoms. The molecule has 2 aromatic rings. The topological polar surface area (TPSA) is 99.4 Å². The summed E-state index contributed by atoms with van der Waals surface area (Å²) in [6.07, 6.45) is 0.113. The molecule has 1 unspecified atom stereocenters. The van der Waals surface area contributed by atoms with Gasteiger partial charge < -0.3 is 19.1 Å². The second kappa shape index (κ2) is 11.7. The lowest BCUT2D eigenvalue weighted by Gasteiger charge is -2.25. The number of aromatic nitrogens is 4. The van der Waals surface area contributed by atoms with E-state index in [2.05, 4.69) is 41.2 Å². The molecule has 0 aliphatic carbocycles. The van der Waals surface area contributed by atoms with Crippen LogP contribution in [0.15, 0.2) is 31.2 Å². The van der Waals surface area contributed by atoms with Gasteiger partial charge >= 0.3 is 12.1 Å². The van der Waals surface area contributed by atoms with Gasteiger partial charge in [-0.15, -0.1) is 6.58 Å². The molecule has 200 valence electrons. The number of halogens is 3. The molecule has 0 aliphatic rings. The van der Waals surface area contributed by atoms with Crippen molar-refractivity contribution in [2.75, 3.05) is 13.2 Å². The summed E-state index contributed by atoms with van der Waals surface area (Å²) >= 11 is 0. The number of imidazole rings is 1. The number of ether oxygens (including phenoxy) is 2. The lowest BCUT2D eigenvalue weighted by atomic mass is 9.94. The molecule has 2 aromatic heterocycles. The zero-order valence-electron chi connectivity index (χ0n) is 21.6. The Morgan fingerprint density at radius 3 is 2.42 bits per heavy atom. The molecule has 2 heterocycles. The van der Waals surface area contributed by atoms with Crippen LogP contribution in [-0.2, 0) is 27.2 Å². The third kappa shape index (κ3) is 8.24. The molecule has 8 nitrogen and oxygen atoms in total. The van der Waals surface area contributed by atoms with E-state index in [0.29, 0.717) is 12.3 Å². The number of rotatable bonds is 13. The summed E-state index contributed by atoms with van der Waals surface area (Å²) in [7, 11) is -1.35. The standard InChI is InChI=1S/C24H35F3N4O4Si/c1-8-19(35-14-23(3,4)22(32)33)16(2)17-11-29-18(12-28-17)21-30-20(24(25,26)27)13-31(21)15-34-9-10-36(5,6)7/h8,11-13,16,19H,1,9-10,14-15H2,2-7H3,(H,32,33)/t16-,19?/m1/s1. The van der Waals surface area contributed by atoms with Crippen molar-refractivity contribution >= 4 is 14.0 Å². The molecule has 0 fully saturated rings. The van der Waals surface area contributed by atoms with Crippen LogP contribution in [0, 0.1) is 5.41 Å². The minimum absolute atomic E-state index is 0.00163. The van der Waals surface area contributed by atoms with E-state index in [1.807, 2.05) is 6.92 Å². The van der Waals surface area contributed by atoms with Crippen molar-refractivity contribution in [3.8, 4) is 11.5 Å². The van der Waals surface area contributed by atoms with Crippen molar-refractivity contribution in [2.45, 2.75) is 71.4 Å². The largest absolute Gasteiger partial charge is 0.481 e. The van der Waals surface area contributed by atoms with Gasteiger partial charge in [-0.25, -0.2) is 9.97 Å². The number of aliphatic carboxylic acids is 1. The van der Waals surface area contributed by atoms with E-state index in [0.717, 1.165) is 12.2 Å². The monoisotopic (exact) mass is 528 g/mol. The van der Waals surface area contributed by atoms with Crippen molar-refractivity contribution in [1.82, 2.24) is 19.5 Å². The number of alkyl halides is 3. The molecule has 0 saturated carbocycles. The van der Waals surface area contributed by atoms with Crippen LogP contribution in [0.3, 0.4) is 0 Å². The molecule has 0 aromatic carbocycles. The van der Waals surface area contributed by atoms with Crippen LogP contribution in [0.25, 0.3) is 11.5 Å².